The molecule has 4 rings (SSSR count). The second-order valence-corrected chi connectivity index (χ2v) is 6.67. The van der Waals surface area contributed by atoms with Crippen LogP contribution in [-0.2, 0) is 16.0 Å². The van der Waals surface area contributed by atoms with Crippen molar-refractivity contribution < 1.29 is 13.9 Å². The predicted molar refractivity (Wildman–Crippen MR) is 105 cm³/mol. The standard InChI is InChI=1S/C21H18N4O4/c1-12-7-9-14(10-8-12)21-25-24-20(29-21)13(2)28-18(26)11-17-15-5-3-4-6-16(15)19(27)23-22-17/h3-10,13H,11H2,1-2H3,(H,23,27)/t13-/m1/s1. The first-order valence-electron chi connectivity index (χ1n) is 9.07. The minimum Gasteiger partial charge on any atom is -0.452 e. The number of hydrogen-bond donors (Lipinski definition) is 1. The second-order valence-electron chi connectivity index (χ2n) is 6.67. The number of ether oxygens (including phenoxy) is 1. The zero-order valence-corrected chi connectivity index (χ0v) is 15.9. The molecular weight excluding hydrogens is 372 g/mol. The first-order valence-corrected chi connectivity index (χ1v) is 9.07. The van der Waals surface area contributed by atoms with Crippen LogP contribution in [0.3, 0.4) is 0 Å². The van der Waals surface area contributed by atoms with E-state index in [1.807, 2.05) is 31.2 Å². The smallest absolute Gasteiger partial charge is 0.312 e. The van der Waals surface area contributed by atoms with Crippen LogP contribution in [0, 0.1) is 6.92 Å². The van der Waals surface area contributed by atoms with Crippen LogP contribution in [0.2, 0.25) is 0 Å². The SMILES string of the molecule is Cc1ccc(-c2nnc([C@@H](C)OC(=O)Cc3n[nH]c(=O)c4ccccc34)o2)cc1. The molecule has 0 bridgehead atoms. The van der Waals surface area contributed by atoms with Crippen LogP contribution in [0.15, 0.2) is 57.7 Å². The molecular formula is C21H18N4O4. The highest BCUT2D eigenvalue weighted by molar-refractivity contribution is 5.86. The molecule has 0 aliphatic rings. The molecule has 0 fully saturated rings. The van der Waals surface area contributed by atoms with Crippen LogP contribution in [0.25, 0.3) is 22.2 Å². The Kier molecular flexibility index (Phi) is 4.90. The summed E-state index contributed by atoms with van der Waals surface area (Å²) in [6.07, 6.45) is -0.816. The molecule has 146 valence electrons. The van der Waals surface area contributed by atoms with E-state index in [2.05, 4.69) is 20.4 Å². The van der Waals surface area contributed by atoms with Gasteiger partial charge in [-0.1, -0.05) is 35.9 Å². The quantitative estimate of drug-likeness (QED) is 0.521. The van der Waals surface area contributed by atoms with Crippen molar-refractivity contribution in [2.24, 2.45) is 0 Å². The maximum atomic E-state index is 12.4. The summed E-state index contributed by atoms with van der Waals surface area (Å²) in [5, 5.41) is 15.5. The Labute approximate surface area is 165 Å². The lowest BCUT2D eigenvalue weighted by Crippen LogP contribution is -2.16. The highest BCUT2D eigenvalue weighted by atomic mass is 16.6. The van der Waals surface area contributed by atoms with Crippen LogP contribution < -0.4 is 5.56 Å². The number of nitrogens with zero attached hydrogens (tertiary/aromatic N) is 3. The Morgan fingerprint density at radius 1 is 1.10 bits per heavy atom. The number of H-pyrrole nitrogens is 1. The van der Waals surface area contributed by atoms with Crippen molar-refractivity contribution in [1.82, 2.24) is 20.4 Å². The molecule has 0 unspecified atom stereocenters. The summed E-state index contributed by atoms with van der Waals surface area (Å²) in [5.74, 6) is 0.0432. The first kappa shape index (κ1) is 18.5. The molecule has 0 spiro atoms. The Hall–Kier alpha value is -3.81. The van der Waals surface area contributed by atoms with Crippen molar-refractivity contribution in [2.75, 3.05) is 0 Å². The topological polar surface area (TPSA) is 111 Å². The lowest BCUT2D eigenvalue weighted by molar-refractivity contribution is -0.148. The van der Waals surface area contributed by atoms with Crippen molar-refractivity contribution in [3.05, 3.63) is 76.0 Å². The van der Waals surface area contributed by atoms with E-state index in [0.717, 1.165) is 11.1 Å². The van der Waals surface area contributed by atoms with Gasteiger partial charge in [0.05, 0.1) is 17.5 Å². The fourth-order valence-electron chi connectivity index (χ4n) is 2.94. The summed E-state index contributed by atoms with van der Waals surface area (Å²) in [4.78, 5) is 24.3. The lowest BCUT2D eigenvalue weighted by atomic mass is 10.1. The summed E-state index contributed by atoms with van der Waals surface area (Å²) < 4.78 is 11.1. The highest BCUT2D eigenvalue weighted by Crippen LogP contribution is 2.23. The number of rotatable bonds is 5. The lowest BCUT2D eigenvalue weighted by Gasteiger charge is -2.10. The minimum absolute atomic E-state index is 0.0966. The van der Waals surface area contributed by atoms with E-state index >= 15 is 0 Å². The highest BCUT2D eigenvalue weighted by Gasteiger charge is 2.20. The number of aromatic amines is 1. The molecule has 0 saturated heterocycles. The Balaban J connectivity index is 1.47. The van der Waals surface area contributed by atoms with E-state index in [0.29, 0.717) is 22.4 Å². The molecule has 0 radical (unpaired) electrons. The summed E-state index contributed by atoms with van der Waals surface area (Å²) in [6, 6.07) is 14.6. The third kappa shape index (κ3) is 3.91. The average molecular weight is 390 g/mol. The molecule has 0 aliphatic heterocycles. The predicted octanol–water partition coefficient (Wildman–Crippen LogP) is 3.13. The van der Waals surface area contributed by atoms with E-state index in [4.69, 9.17) is 9.15 Å². The Morgan fingerprint density at radius 2 is 1.83 bits per heavy atom. The van der Waals surface area contributed by atoms with Gasteiger partial charge in [-0.2, -0.15) is 5.10 Å². The largest absolute Gasteiger partial charge is 0.452 e. The van der Waals surface area contributed by atoms with Crippen LogP contribution in [-0.4, -0.2) is 26.4 Å². The third-order valence-corrected chi connectivity index (χ3v) is 4.48. The molecule has 2 aromatic heterocycles. The number of aryl methyl sites for hydroxylation is 1. The molecule has 1 N–H and O–H groups in total. The summed E-state index contributed by atoms with van der Waals surface area (Å²) in [7, 11) is 0. The number of benzene rings is 2. The van der Waals surface area contributed by atoms with Crippen LogP contribution in [0.4, 0.5) is 0 Å². The fraction of sp³-hybridized carbons (Fsp3) is 0.190. The summed E-state index contributed by atoms with van der Waals surface area (Å²) in [5.41, 5.74) is 2.04. The van der Waals surface area contributed by atoms with E-state index in [-0.39, 0.29) is 17.9 Å². The van der Waals surface area contributed by atoms with Crippen molar-refractivity contribution in [2.45, 2.75) is 26.4 Å². The number of fused-ring (bicyclic) bond motifs is 1. The van der Waals surface area contributed by atoms with E-state index < -0.39 is 12.1 Å². The number of aromatic nitrogens is 4. The molecule has 29 heavy (non-hydrogen) atoms. The van der Waals surface area contributed by atoms with Gasteiger partial charge in [-0.15, -0.1) is 10.2 Å². The Morgan fingerprint density at radius 3 is 2.59 bits per heavy atom. The second kappa shape index (κ2) is 7.67. The van der Waals surface area contributed by atoms with Gasteiger partial charge in [0.1, 0.15) is 0 Å². The van der Waals surface area contributed by atoms with Crippen molar-refractivity contribution in [3.63, 3.8) is 0 Å². The van der Waals surface area contributed by atoms with Crippen molar-refractivity contribution >= 4 is 16.7 Å². The van der Waals surface area contributed by atoms with Crippen molar-refractivity contribution in [1.29, 1.82) is 0 Å². The molecule has 1 atom stereocenters. The van der Waals surface area contributed by atoms with Crippen LogP contribution in [0.5, 0.6) is 0 Å². The zero-order chi connectivity index (χ0) is 20.4. The van der Waals surface area contributed by atoms with Crippen LogP contribution in [0.1, 0.15) is 30.2 Å². The third-order valence-electron chi connectivity index (χ3n) is 4.48. The maximum Gasteiger partial charge on any atom is 0.312 e. The van der Waals surface area contributed by atoms with Gasteiger partial charge in [0.25, 0.3) is 11.4 Å². The van der Waals surface area contributed by atoms with Gasteiger partial charge in [-0.25, -0.2) is 5.10 Å². The molecule has 0 amide bonds. The van der Waals surface area contributed by atoms with Gasteiger partial charge in [0.2, 0.25) is 5.89 Å². The van der Waals surface area contributed by atoms with Gasteiger partial charge >= 0.3 is 5.97 Å². The van der Waals surface area contributed by atoms with Gasteiger partial charge < -0.3 is 9.15 Å². The molecule has 0 saturated carbocycles. The van der Waals surface area contributed by atoms with Gasteiger partial charge in [-0.3, -0.25) is 9.59 Å². The molecule has 0 aliphatic carbocycles. The Bertz CT molecular complexity index is 1230. The number of carbonyl (C=O) groups is 1. The minimum atomic E-state index is -0.719. The zero-order valence-electron chi connectivity index (χ0n) is 15.9. The van der Waals surface area contributed by atoms with Crippen LogP contribution >= 0.6 is 0 Å². The summed E-state index contributed by atoms with van der Waals surface area (Å²) >= 11 is 0. The molecule has 4 aromatic rings. The van der Waals surface area contributed by atoms with Crippen molar-refractivity contribution in [3.8, 4) is 11.5 Å². The van der Waals surface area contributed by atoms with Gasteiger partial charge in [0, 0.05) is 10.9 Å². The normalized spacial score (nSPS) is 12.1. The average Bonchev–Trinajstić information content (AvgIpc) is 3.21. The maximum absolute atomic E-state index is 12.4. The van der Waals surface area contributed by atoms with Gasteiger partial charge in [-0.05, 0) is 32.0 Å². The first-order chi connectivity index (χ1) is 14.0. The summed E-state index contributed by atoms with van der Waals surface area (Å²) in [6.45, 7) is 3.65. The molecule has 2 heterocycles. The van der Waals surface area contributed by atoms with E-state index in [1.165, 1.54) is 0 Å². The molecule has 8 nitrogen and oxygen atoms in total. The molecule has 8 heteroatoms. The van der Waals surface area contributed by atoms with Gasteiger partial charge in [0.15, 0.2) is 6.10 Å². The number of carbonyl (C=O) groups excluding carboxylic acids is 1. The fourth-order valence-corrected chi connectivity index (χ4v) is 2.94. The number of nitrogens with one attached hydrogen (secondary N) is 1. The van der Waals surface area contributed by atoms with E-state index in [9.17, 15) is 9.59 Å². The van der Waals surface area contributed by atoms with E-state index in [1.54, 1.807) is 31.2 Å². The monoisotopic (exact) mass is 390 g/mol. The molecule has 2 aromatic carbocycles. The number of hydrogen-bond acceptors (Lipinski definition) is 7. The number of esters is 1.